The van der Waals surface area contributed by atoms with E-state index in [2.05, 4.69) is 42.1 Å². The van der Waals surface area contributed by atoms with Crippen LogP contribution in [0.2, 0.25) is 0 Å². The summed E-state index contributed by atoms with van der Waals surface area (Å²) in [6, 6.07) is 7.88. The molecule has 1 aliphatic carbocycles. The number of hydrogen-bond acceptors (Lipinski definition) is 3. The lowest BCUT2D eigenvalue weighted by Gasteiger charge is -2.38. The van der Waals surface area contributed by atoms with Gasteiger partial charge in [-0.15, -0.1) is 0 Å². The van der Waals surface area contributed by atoms with Crippen LogP contribution >= 0.6 is 0 Å². The Morgan fingerprint density at radius 1 is 1.16 bits per heavy atom. The SMILES string of the molecule is CN(C)C1CCN(C2CCc3cc(N)ccc32)CC1. The zero-order valence-electron chi connectivity index (χ0n) is 12.1. The number of benzene rings is 1. The first-order valence-corrected chi connectivity index (χ1v) is 7.44. The number of likely N-dealkylation sites (tertiary alicyclic amines) is 1. The summed E-state index contributed by atoms with van der Waals surface area (Å²) < 4.78 is 0. The van der Waals surface area contributed by atoms with Crippen molar-refractivity contribution < 1.29 is 0 Å². The predicted molar refractivity (Wildman–Crippen MR) is 80.2 cm³/mol. The van der Waals surface area contributed by atoms with Gasteiger partial charge in [-0.05, 0) is 63.0 Å². The molecule has 1 heterocycles. The van der Waals surface area contributed by atoms with Gasteiger partial charge in [0, 0.05) is 30.9 Å². The quantitative estimate of drug-likeness (QED) is 0.827. The maximum atomic E-state index is 5.89. The van der Waals surface area contributed by atoms with Crippen molar-refractivity contribution in [2.45, 2.75) is 37.8 Å². The second-order valence-corrected chi connectivity index (χ2v) is 6.24. The highest BCUT2D eigenvalue weighted by Gasteiger charge is 2.31. The largest absolute Gasteiger partial charge is 0.399 e. The second kappa shape index (κ2) is 5.14. The summed E-state index contributed by atoms with van der Waals surface area (Å²) in [4.78, 5) is 5.06. The Morgan fingerprint density at radius 2 is 1.89 bits per heavy atom. The molecule has 1 unspecified atom stereocenters. The molecule has 2 aliphatic rings. The molecule has 3 rings (SSSR count). The number of piperidine rings is 1. The molecule has 0 amide bonds. The van der Waals surface area contributed by atoms with Crippen molar-refractivity contribution in [3.8, 4) is 0 Å². The summed E-state index contributed by atoms with van der Waals surface area (Å²) in [6.07, 6.45) is 5.06. The normalized spacial score (nSPS) is 24.9. The minimum absolute atomic E-state index is 0.638. The zero-order valence-corrected chi connectivity index (χ0v) is 12.1. The van der Waals surface area contributed by atoms with E-state index in [1.165, 1.54) is 49.9 Å². The van der Waals surface area contributed by atoms with E-state index in [-0.39, 0.29) is 0 Å². The Balaban J connectivity index is 1.70. The molecule has 0 saturated carbocycles. The number of nitrogens with zero attached hydrogens (tertiary/aromatic N) is 2. The standard InChI is InChI=1S/C16H25N3/c1-18(2)14-7-9-19(10-8-14)16-6-3-12-11-13(17)4-5-15(12)16/h4-5,11,14,16H,3,6-10,17H2,1-2H3. The van der Waals surface area contributed by atoms with E-state index >= 15 is 0 Å². The molecule has 1 saturated heterocycles. The topological polar surface area (TPSA) is 32.5 Å². The molecular formula is C16H25N3. The Morgan fingerprint density at radius 3 is 2.58 bits per heavy atom. The van der Waals surface area contributed by atoms with Crippen molar-refractivity contribution in [2.24, 2.45) is 0 Å². The molecule has 19 heavy (non-hydrogen) atoms. The van der Waals surface area contributed by atoms with Crippen molar-refractivity contribution in [1.29, 1.82) is 0 Å². The van der Waals surface area contributed by atoms with Crippen molar-refractivity contribution in [1.82, 2.24) is 9.80 Å². The highest BCUT2D eigenvalue weighted by Crippen LogP contribution is 2.38. The van der Waals surface area contributed by atoms with Crippen LogP contribution in [0.1, 0.15) is 36.4 Å². The first-order chi connectivity index (χ1) is 9.15. The van der Waals surface area contributed by atoms with E-state index in [0.29, 0.717) is 6.04 Å². The average molecular weight is 259 g/mol. The van der Waals surface area contributed by atoms with Gasteiger partial charge in [-0.3, -0.25) is 4.90 Å². The van der Waals surface area contributed by atoms with Crippen LogP contribution in [0.4, 0.5) is 5.69 Å². The lowest BCUT2D eigenvalue weighted by molar-refractivity contribution is 0.108. The van der Waals surface area contributed by atoms with Gasteiger partial charge in [-0.2, -0.15) is 0 Å². The first-order valence-electron chi connectivity index (χ1n) is 7.44. The van der Waals surface area contributed by atoms with Gasteiger partial charge in [0.1, 0.15) is 0 Å². The van der Waals surface area contributed by atoms with Gasteiger partial charge in [-0.1, -0.05) is 6.07 Å². The number of anilines is 1. The number of hydrogen-bond donors (Lipinski definition) is 1. The fourth-order valence-electron chi connectivity index (χ4n) is 3.71. The van der Waals surface area contributed by atoms with Crippen LogP contribution in [0.5, 0.6) is 0 Å². The molecule has 1 atom stereocenters. The van der Waals surface area contributed by atoms with E-state index < -0.39 is 0 Å². The van der Waals surface area contributed by atoms with Gasteiger partial charge in [0.2, 0.25) is 0 Å². The van der Waals surface area contributed by atoms with Gasteiger partial charge in [0.15, 0.2) is 0 Å². The van der Waals surface area contributed by atoms with Gasteiger partial charge >= 0.3 is 0 Å². The monoisotopic (exact) mass is 259 g/mol. The molecule has 0 spiro atoms. The van der Waals surface area contributed by atoms with Gasteiger partial charge in [0.05, 0.1) is 0 Å². The van der Waals surface area contributed by atoms with E-state index in [9.17, 15) is 0 Å². The van der Waals surface area contributed by atoms with Crippen LogP contribution in [0.3, 0.4) is 0 Å². The summed E-state index contributed by atoms with van der Waals surface area (Å²) in [6.45, 7) is 2.47. The summed E-state index contributed by atoms with van der Waals surface area (Å²) in [5, 5.41) is 0. The Labute approximate surface area is 116 Å². The third kappa shape index (κ3) is 2.49. The minimum Gasteiger partial charge on any atom is -0.399 e. The smallest absolute Gasteiger partial charge is 0.0354 e. The molecule has 2 N–H and O–H groups in total. The molecule has 104 valence electrons. The number of aryl methyl sites for hydroxylation is 1. The number of fused-ring (bicyclic) bond motifs is 1. The fourth-order valence-corrected chi connectivity index (χ4v) is 3.71. The summed E-state index contributed by atoms with van der Waals surface area (Å²) in [5.41, 5.74) is 9.79. The lowest BCUT2D eigenvalue weighted by atomic mass is 9.99. The first kappa shape index (κ1) is 12.9. The second-order valence-electron chi connectivity index (χ2n) is 6.24. The Kier molecular flexibility index (Phi) is 3.50. The van der Waals surface area contributed by atoms with Gasteiger partial charge < -0.3 is 10.6 Å². The molecule has 0 radical (unpaired) electrons. The Hall–Kier alpha value is -1.06. The zero-order chi connectivity index (χ0) is 13.4. The molecule has 1 aromatic carbocycles. The summed E-state index contributed by atoms with van der Waals surface area (Å²) in [5.74, 6) is 0. The van der Waals surface area contributed by atoms with Crippen molar-refractivity contribution in [3.63, 3.8) is 0 Å². The van der Waals surface area contributed by atoms with Gasteiger partial charge in [0.25, 0.3) is 0 Å². The maximum Gasteiger partial charge on any atom is 0.0354 e. The van der Waals surface area contributed by atoms with Crippen LogP contribution < -0.4 is 5.73 Å². The van der Waals surface area contributed by atoms with Crippen molar-refractivity contribution >= 4 is 5.69 Å². The average Bonchev–Trinajstić information content (AvgIpc) is 2.81. The highest BCUT2D eigenvalue weighted by molar-refractivity contribution is 5.47. The molecule has 3 heteroatoms. The number of nitrogen functional groups attached to an aromatic ring is 1. The van der Waals surface area contributed by atoms with Crippen molar-refractivity contribution in [3.05, 3.63) is 29.3 Å². The number of rotatable bonds is 2. The minimum atomic E-state index is 0.638. The molecule has 1 aromatic rings. The summed E-state index contributed by atoms with van der Waals surface area (Å²) >= 11 is 0. The highest BCUT2D eigenvalue weighted by atomic mass is 15.2. The van der Waals surface area contributed by atoms with E-state index in [1.54, 1.807) is 0 Å². The predicted octanol–water partition coefficient (Wildman–Crippen LogP) is 2.28. The molecule has 1 aliphatic heterocycles. The third-order valence-electron chi connectivity index (χ3n) is 4.88. The molecule has 1 fully saturated rings. The summed E-state index contributed by atoms with van der Waals surface area (Å²) in [7, 11) is 4.40. The van der Waals surface area contributed by atoms with Crippen LogP contribution in [0, 0.1) is 0 Å². The fraction of sp³-hybridized carbons (Fsp3) is 0.625. The van der Waals surface area contributed by atoms with E-state index in [4.69, 9.17) is 5.73 Å². The molecule has 3 nitrogen and oxygen atoms in total. The van der Waals surface area contributed by atoms with Crippen molar-refractivity contribution in [2.75, 3.05) is 32.9 Å². The van der Waals surface area contributed by atoms with E-state index in [0.717, 1.165) is 11.7 Å². The molecule has 0 bridgehead atoms. The van der Waals surface area contributed by atoms with Crippen LogP contribution in [0.25, 0.3) is 0 Å². The van der Waals surface area contributed by atoms with E-state index in [1.807, 2.05) is 0 Å². The molecule has 0 aromatic heterocycles. The van der Waals surface area contributed by atoms with Crippen LogP contribution in [0.15, 0.2) is 18.2 Å². The van der Waals surface area contributed by atoms with Gasteiger partial charge in [-0.25, -0.2) is 0 Å². The molecular weight excluding hydrogens is 234 g/mol. The number of nitrogens with two attached hydrogens (primary N) is 1. The van der Waals surface area contributed by atoms with Crippen LogP contribution in [-0.4, -0.2) is 43.0 Å². The maximum absolute atomic E-state index is 5.89. The van der Waals surface area contributed by atoms with Crippen LogP contribution in [-0.2, 0) is 6.42 Å². The third-order valence-corrected chi connectivity index (χ3v) is 4.88. The lowest BCUT2D eigenvalue weighted by Crippen LogP contribution is -2.43. The Bertz CT molecular complexity index is 447.